The molecule has 1 aliphatic carbocycles. The van der Waals surface area contributed by atoms with Crippen LogP contribution in [0, 0.1) is 5.92 Å². The van der Waals surface area contributed by atoms with Crippen molar-refractivity contribution >= 4 is 12.2 Å². The summed E-state index contributed by atoms with van der Waals surface area (Å²) in [7, 11) is 0. The molecular formula is C23H25NO3. The number of amides is 1. The first-order chi connectivity index (χ1) is 13.0. The number of hydrogen-bond donors (Lipinski definition) is 0. The van der Waals surface area contributed by atoms with Crippen molar-refractivity contribution in [3.63, 3.8) is 0 Å². The summed E-state index contributed by atoms with van der Waals surface area (Å²) < 4.78 is 6.28. The Kier molecular flexibility index (Phi) is 4.60. The van der Waals surface area contributed by atoms with Crippen LogP contribution in [0.5, 0.6) is 0 Å². The third kappa shape index (κ3) is 3.19. The molecule has 0 bridgehead atoms. The summed E-state index contributed by atoms with van der Waals surface area (Å²) in [5, 5.41) is 0. The highest BCUT2D eigenvalue weighted by Crippen LogP contribution is 2.48. The summed E-state index contributed by atoms with van der Waals surface area (Å²) >= 11 is 0. The van der Waals surface area contributed by atoms with E-state index in [2.05, 4.69) is 12.1 Å². The highest BCUT2D eigenvalue weighted by molar-refractivity contribution is 5.83. The molecule has 1 amide bonds. The maximum absolute atomic E-state index is 13.6. The van der Waals surface area contributed by atoms with Gasteiger partial charge in [0.2, 0.25) is 5.91 Å². The fourth-order valence-electron chi connectivity index (χ4n) is 4.60. The van der Waals surface area contributed by atoms with E-state index in [-0.39, 0.29) is 30.4 Å². The van der Waals surface area contributed by atoms with Gasteiger partial charge in [-0.15, -0.1) is 0 Å². The number of aldehydes is 1. The van der Waals surface area contributed by atoms with Crippen molar-refractivity contribution < 1.29 is 14.3 Å². The van der Waals surface area contributed by atoms with Gasteiger partial charge in [-0.1, -0.05) is 54.6 Å². The fourth-order valence-corrected chi connectivity index (χ4v) is 4.60. The summed E-state index contributed by atoms with van der Waals surface area (Å²) in [5.74, 6) is -0.376. The number of nitrogens with zero attached hydrogens (tertiary/aromatic N) is 1. The Morgan fingerprint density at radius 2 is 1.89 bits per heavy atom. The minimum atomic E-state index is -0.683. The Balaban J connectivity index is 1.66. The van der Waals surface area contributed by atoms with E-state index in [1.54, 1.807) is 0 Å². The van der Waals surface area contributed by atoms with E-state index in [4.69, 9.17) is 4.74 Å². The molecule has 0 saturated carbocycles. The van der Waals surface area contributed by atoms with E-state index >= 15 is 0 Å². The van der Waals surface area contributed by atoms with Gasteiger partial charge in [0, 0.05) is 18.8 Å². The zero-order chi connectivity index (χ0) is 19.0. The van der Waals surface area contributed by atoms with Crippen molar-refractivity contribution in [3.8, 4) is 0 Å². The number of hydrogen-bond acceptors (Lipinski definition) is 3. The molecule has 27 heavy (non-hydrogen) atoms. The molecule has 1 fully saturated rings. The van der Waals surface area contributed by atoms with Crippen molar-refractivity contribution in [1.82, 2.24) is 4.90 Å². The lowest BCUT2D eigenvalue weighted by Gasteiger charge is -2.36. The molecule has 140 valence electrons. The van der Waals surface area contributed by atoms with Crippen molar-refractivity contribution in [2.75, 3.05) is 0 Å². The number of benzene rings is 2. The minimum absolute atomic E-state index is 0.000145. The molecule has 4 heteroatoms. The molecule has 4 nitrogen and oxygen atoms in total. The molecule has 1 unspecified atom stereocenters. The van der Waals surface area contributed by atoms with Crippen molar-refractivity contribution in [2.45, 2.75) is 51.0 Å². The highest BCUT2D eigenvalue weighted by Gasteiger charge is 2.54. The third-order valence-electron chi connectivity index (χ3n) is 5.74. The van der Waals surface area contributed by atoms with E-state index in [1.807, 2.05) is 61.2 Å². The molecular weight excluding hydrogens is 338 g/mol. The lowest BCUT2D eigenvalue weighted by Crippen LogP contribution is -2.48. The highest BCUT2D eigenvalue weighted by atomic mass is 16.5. The van der Waals surface area contributed by atoms with Gasteiger partial charge in [0.15, 0.2) is 0 Å². The van der Waals surface area contributed by atoms with Gasteiger partial charge in [-0.05, 0) is 37.0 Å². The van der Waals surface area contributed by atoms with Gasteiger partial charge in [0.05, 0.1) is 12.1 Å². The van der Waals surface area contributed by atoms with E-state index in [1.165, 1.54) is 11.1 Å². The van der Waals surface area contributed by atoms with Crippen molar-refractivity contribution in [2.24, 2.45) is 5.92 Å². The molecule has 2 aliphatic rings. The molecule has 1 aliphatic heterocycles. The first kappa shape index (κ1) is 17.9. The second-order valence-corrected chi connectivity index (χ2v) is 7.95. The van der Waals surface area contributed by atoms with E-state index < -0.39 is 5.72 Å². The monoisotopic (exact) mass is 363 g/mol. The lowest BCUT2D eigenvalue weighted by atomic mass is 9.93. The number of carbonyl (C=O) groups excluding carboxylic acids is 2. The number of carbonyl (C=O) groups is 2. The normalized spacial score (nSPS) is 23.6. The maximum atomic E-state index is 13.6. The quantitative estimate of drug-likeness (QED) is 0.761. The van der Waals surface area contributed by atoms with Crippen LogP contribution in [0.4, 0.5) is 0 Å². The molecule has 4 rings (SSSR count). The summed E-state index contributed by atoms with van der Waals surface area (Å²) in [6, 6.07) is 18.1. The van der Waals surface area contributed by atoms with Crippen LogP contribution in [0.15, 0.2) is 54.6 Å². The molecule has 0 N–H and O–H groups in total. The van der Waals surface area contributed by atoms with Crippen LogP contribution < -0.4 is 0 Å². The van der Waals surface area contributed by atoms with Crippen LogP contribution in [-0.4, -0.2) is 28.9 Å². The summed E-state index contributed by atoms with van der Waals surface area (Å²) in [5.41, 5.74) is 2.80. The molecule has 3 atom stereocenters. The van der Waals surface area contributed by atoms with Crippen molar-refractivity contribution in [3.05, 3.63) is 71.3 Å². The second kappa shape index (κ2) is 6.93. The largest absolute Gasteiger partial charge is 0.350 e. The van der Waals surface area contributed by atoms with E-state index in [0.717, 1.165) is 18.3 Å². The first-order valence-electron chi connectivity index (χ1n) is 9.57. The van der Waals surface area contributed by atoms with Gasteiger partial charge in [-0.3, -0.25) is 4.79 Å². The maximum Gasteiger partial charge on any atom is 0.229 e. The number of fused-ring (bicyclic) bond motifs is 3. The Morgan fingerprint density at radius 1 is 1.19 bits per heavy atom. The summed E-state index contributed by atoms with van der Waals surface area (Å²) in [6.07, 6.45) is 2.44. The molecule has 2 aromatic carbocycles. The van der Waals surface area contributed by atoms with Gasteiger partial charge >= 0.3 is 0 Å². The Hall–Kier alpha value is -2.46. The molecule has 0 radical (unpaired) electrons. The standard InChI is InChI=1S/C23H25NO3/c1-23(2)24(21-19-11-7-6-10-17(19)15-20(21)27-23)22(26)18(12-13-25)14-16-8-4-3-5-9-16/h3-11,13,18,20-21H,12,14-15H2,1-2H3/t18-,20+,21?/m0/s1. The molecule has 0 spiro atoms. The zero-order valence-corrected chi connectivity index (χ0v) is 15.8. The van der Waals surface area contributed by atoms with Gasteiger partial charge in [0.1, 0.15) is 12.0 Å². The second-order valence-electron chi connectivity index (χ2n) is 7.95. The van der Waals surface area contributed by atoms with Gasteiger partial charge < -0.3 is 14.4 Å². The molecule has 2 aromatic rings. The molecule has 0 aromatic heterocycles. The topological polar surface area (TPSA) is 46.6 Å². The van der Waals surface area contributed by atoms with Gasteiger partial charge in [0.25, 0.3) is 0 Å². The first-order valence-corrected chi connectivity index (χ1v) is 9.57. The van der Waals surface area contributed by atoms with Crippen LogP contribution in [0.1, 0.15) is 43.0 Å². The van der Waals surface area contributed by atoms with E-state index in [0.29, 0.717) is 6.42 Å². The fraction of sp³-hybridized carbons (Fsp3) is 0.391. The SMILES string of the molecule is CC1(C)O[C@@H]2Cc3ccccc3C2N1C(=O)[C@@H](CC=O)Cc1ccccc1. The summed E-state index contributed by atoms with van der Waals surface area (Å²) in [4.78, 5) is 26.8. The van der Waals surface area contributed by atoms with E-state index in [9.17, 15) is 9.59 Å². The Labute approximate surface area is 160 Å². The molecule has 1 heterocycles. The van der Waals surface area contributed by atoms with Crippen LogP contribution >= 0.6 is 0 Å². The van der Waals surface area contributed by atoms with Gasteiger partial charge in [-0.2, -0.15) is 0 Å². The summed E-state index contributed by atoms with van der Waals surface area (Å²) in [6.45, 7) is 3.90. The van der Waals surface area contributed by atoms with Crippen LogP contribution in [0.25, 0.3) is 0 Å². The average molecular weight is 363 g/mol. The Bertz CT molecular complexity index is 846. The minimum Gasteiger partial charge on any atom is -0.350 e. The smallest absolute Gasteiger partial charge is 0.229 e. The predicted octanol–water partition coefficient (Wildman–Crippen LogP) is 3.70. The number of rotatable bonds is 5. The molecule has 1 saturated heterocycles. The van der Waals surface area contributed by atoms with Crippen LogP contribution in [-0.2, 0) is 27.2 Å². The van der Waals surface area contributed by atoms with Crippen LogP contribution in [0.3, 0.4) is 0 Å². The number of ether oxygens (including phenoxy) is 1. The predicted molar refractivity (Wildman–Crippen MR) is 103 cm³/mol. The zero-order valence-electron chi connectivity index (χ0n) is 15.8. The lowest BCUT2D eigenvalue weighted by molar-refractivity contribution is -0.153. The average Bonchev–Trinajstić information content (AvgIpc) is 3.12. The Morgan fingerprint density at radius 3 is 2.63 bits per heavy atom. The van der Waals surface area contributed by atoms with Crippen molar-refractivity contribution in [1.29, 1.82) is 0 Å². The third-order valence-corrected chi connectivity index (χ3v) is 5.74. The van der Waals surface area contributed by atoms with Crippen LogP contribution in [0.2, 0.25) is 0 Å². The van der Waals surface area contributed by atoms with Gasteiger partial charge in [-0.25, -0.2) is 0 Å².